The van der Waals surface area contributed by atoms with Gasteiger partial charge in [0.2, 0.25) is 0 Å². The molecule has 0 aliphatic heterocycles. The van der Waals surface area contributed by atoms with Crippen LogP contribution >= 0.6 is 0 Å². The van der Waals surface area contributed by atoms with Gasteiger partial charge in [0.25, 0.3) is 11.8 Å². The number of primary amides is 1. The van der Waals surface area contributed by atoms with Gasteiger partial charge in [0.05, 0.1) is 19.9 Å². The summed E-state index contributed by atoms with van der Waals surface area (Å²) in [6, 6.07) is 14.4. The lowest BCUT2D eigenvalue weighted by molar-refractivity contribution is -0.120. The van der Waals surface area contributed by atoms with Crippen LogP contribution in [0.3, 0.4) is 0 Å². The molecule has 4 N–H and O–H groups in total. The predicted molar refractivity (Wildman–Crippen MR) is 98.4 cm³/mol. The number of hydrogen-bond donors (Lipinski definition) is 3. The number of hydrogen-bond acceptors (Lipinski definition) is 6. The molecule has 0 saturated heterocycles. The Morgan fingerprint density at radius 2 is 1.92 bits per heavy atom. The van der Waals surface area contributed by atoms with Crippen LogP contribution in [0.15, 0.2) is 53.6 Å². The maximum absolute atomic E-state index is 11.8. The van der Waals surface area contributed by atoms with E-state index in [2.05, 4.69) is 15.8 Å². The summed E-state index contributed by atoms with van der Waals surface area (Å²) in [5.74, 6) is -0.0465. The fraction of sp³-hybridized carbons (Fsp3) is 0.167. The number of nitrogens with one attached hydrogen (secondary N) is 2. The number of nitrogens with two attached hydrogens (primary N) is 1. The zero-order valence-corrected chi connectivity index (χ0v) is 14.3. The highest BCUT2D eigenvalue weighted by Gasteiger charge is 2.06. The maximum atomic E-state index is 11.8. The highest BCUT2D eigenvalue weighted by Crippen LogP contribution is 2.27. The Morgan fingerprint density at radius 3 is 2.62 bits per heavy atom. The topological polar surface area (TPSA) is 115 Å². The monoisotopic (exact) mass is 356 g/mol. The maximum Gasteiger partial charge on any atom is 0.259 e. The molecule has 0 heterocycles. The molecule has 0 fully saturated rings. The van der Waals surface area contributed by atoms with Crippen molar-refractivity contribution in [1.82, 2.24) is 5.43 Å². The lowest BCUT2D eigenvalue weighted by Gasteiger charge is -2.09. The minimum atomic E-state index is -0.579. The minimum Gasteiger partial charge on any atom is -0.493 e. The molecule has 0 aliphatic carbocycles. The van der Waals surface area contributed by atoms with Crippen LogP contribution in [0, 0.1) is 0 Å². The molecule has 8 heteroatoms. The second-order valence-electron chi connectivity index (χ2n) is 5.18. The van der Waals surface area contributed by atoms with Crippen molar-refractivity contribution in [1.29, 1.82) is 0 Å². The number of amides is 2. The Labute approximate surface area is 151 Å². The van der Waals surface area contributed by atoms with E-state index in [1.54, 1.807) is 18.2 Å². The van der Waals surface area contributed by atoms with Crippen LogP contribution in [0.25, 0.3) is 0 Å². The summed E-state index contributed by atoms with van der Waals surface area (Å²) in [6.07, 6.45) is 1.47. The summed E-state index contributed by atoms with van der Waals surface area (Å²) >= 11 is 0. The molecule has 0 aromatic heterocycles. The highest BCUT2D eigenvalue weighted by atomic mass is 16.5. The van der Waals surface area contributed by atoms with Crippen molar-refractivity contribution in [3.8, 4) is 11.5 Å². The average molecular weight is 356 g/mol. The molecule has 0 unspecified atom stereocenters. The lowest BCUT2D eigenvalue weighted by Crippen LogP contribution is -2.25. The number of anilines is 1. The van der Waals surface area contributed by atoms with Crippen molar-refractivity contribution in [3.63, 3.8) is 0 Å². The van der Waals surface area contributed by atoms with Crippen molar-refractivity contribution >= 4 is 23.7 Å². The van der Waals surface area contributed by atoms with Crippen LogP contribution in [-0.4, -0.2) is 38.3 Å². The van der Waals surface area contributed by atoms with Gasteiger partial charge in [-0.25, -0.2) is 5.43 Å². The molecule has 2 rings (SSSR count). The van der Waals surface area contributed by atoms with Crippen molar-refractivity contribution in [2.45, 2.75) is 0 Å². The van der Waals surface area contributed by atoms with E-state index in [9.17, 15) is 9.59 Å². The molecule has 2 aromatic rings. The van der Waals surface area contributed by atoms with Crippen LogP contribution in [0.4, 0.5) is 5.69 Å². The van der Waals surface area contributed by atoms with Crippen LogP contribution in [0.2, 0.25) is 0 Å². The Balaban J connectivity index is 1.86. The number of carbonyl (C=O) groups excluding carboxylic acids is 2. The van der Waals surface area contributed by atoms with Gasteiger partial charge in [-0.15, -0.1) is 0 Å². The minimum absolute atomic E-state index is 0.102. The van der Waals surface area contributed by atoms with Crippen LogP contribution in [-0.2, 0) is 9.59 Å². The zero-order valence-electron chi connectivity index (χ0n) is 14.3. The summed E-state index contributed by atoms with van der Waals surface area (Å²) in [6.45, 7) is -0.140. The molecular formula is C18H20N4O4. The molecule has 136 valence electrons. The molecule has 0 radical (unpaired) electrons. The van der Waals surface area contributed by atoms with Crippen molar-refractivity contribution in [3.05, 3.63) is 54.1 Å². The van der Waals surface area contributed by atoms with Crippen molar-refractivity contribution in [2.75, 3.05) is 25.6 Å². The van der Waals surface area contributed by atoms with E-state index in [0.717, 1.165) is 5.69 Å². The van der Waals surface area contributed by atoms with Gasteiger partial charge >= 0.3 is 0 Å². The summed E-state index contributed by atoms with van der Waals surface area (Å²) < 4.78 is 10.4. The smallest absolute Gasteiger partial charge is 0.259 e. The number of hydrazone groups is 1. The van der Waals surface area contributed by atoms with Gasteiger partial charge in [0.1, 0.15) is 0 Å². The van der Waals surface area contributed by atoms with E-state index in [4.69, 9.17) is 15.2 Å². The second kappa shape index (κ2) is 9.67. The fourth-order valence-electron chi connectivity index (χ4n) is 1.99. The molecule has 0 atom stereocenters. The number of benzene rings is 2. The van der Waals surface area contributed by atoms with Crippen LogP contribution in [0.5, 0.6) is 11.5 Å². The van der Waals surface area contributed by atoms with Gasteiger partial charge in [-0.2, -0.15) is 5.10 Å². The number of rotatable bonds is 9. The Morgan fingerprint density at radius 1 is 1.15 bits per heavy atom. The Bertz CT molecular complexity index is 778. The van der Waals surface area contributed by atoms with E-state index < -0.39 is 5.91 Å². The quantitative estimate of drug-likeness (QED) is 0.460. The standard InChI is InChI=1S/C18H20N4O4/c1-25-16-9-13(7-8-15(16)26-12-17(19)23)10-21-22-18(24)11-20-14-5-3-2-4-6-14/h2-10,20H,11-12H2,1H3,(H2,19,23)(H,22,24)/b21-10+. The molecule has 2 aromatic carbocycles. The van der Waals surface area contributed by atoms with E-state index in [0.29, 0.717) is 17.1 Å². The highest BCUT2D eigenvalue weighted by molar-refractivity contribution is 5.85. The van der Waals surface area contributed by atoms with Crippen molar-refractivity contribution in [2.24, 2.45) is 10.8 Å². The average Bonchev–Trinajstić information content (AvgIpc) is 2.66. The van der Waals surface area contributed by atoms with Gasteiger partial charge in [-0.1, -0.05) is 18.2 Å². The summed E-state index contributed by atoms with van der Waals surface area (Å²) in [5, 5.41) is 6.88. The van der Waals surface area contributed by atoms with Gasteiger partial charge in [0.15, 0.2) is 18.1 Å². The van der Waals surface area contributed by atoms with Gasteiger partial charge in [-0.3, -0.25) is 9.59 Å². The van der Waals surface area contributed by atoms with E-state index in [1.165, 1.54) is 13.3 Å². The van der Waals surface area contributed by atoms with Crippen LogP contribution in [0.1, 0.15) is 5.56 Å². The first-order chi connectivity index (χ1) is 12.6. The second-order valence-corrected chi connectivity index (χ2v) is 5.18. The van der Waals surface area contributed by atoms with Gasteiger partial charge in [0, 0.05) is 5.69 Å². The fourth-order valence-corrected chi connectivity index (χ4v) is 1.99. The van der Waals surface area contributed by atoms with Gasteiger partial charge in [-0.05, 0) is 35.9 Å². The largest absolute Gasteiger partial charge is 0.493 e. The first kappa shape index (κ1) is 18.8. The zero-order chi connectivity index (χ0) is 18.8. The molecule has 0 spiro atoms. The third-order valence-electron chi connectivity index (χ3n) is 3.19. The summed E-state index contributed by atoms with van der Waals surface area (Å²) in [4.78, 5) is 22.5. The Kier molecular flexibility index (Phi) is 6.99. The number of para-hydroxylation sites is 1. The molecule has 0 saturated carbocycles. The van der Waals surface area contributed by atoms with E-state index in [-0.39, 0.29) is 19.1 Å². The van der Waals surface area contributed by atoms with Gasteiger partial charge < -0.3 is 20.5 Å². The predicted octanol–water partition coefficient (Wildman–Crippen LogP) is 1.12. The van der Waals surface area contributed by atoms with Crippen LogP contribution < -0.4 is 25.9 Å². The first-order valence-corrected chi connectivity index (χ1v) is 7.78. The molecule has 0 bridgehead atoms. The molecule has 26 heavy (non-hydrogen) atoms. The Hall–Kier alpha value is -3.55. The SMILES string of the molecule is COc1cc(/C=N/NC(=O)CNc2ccccc2)ccc1OCC(N)=O. The normalized spacial score (nSPS) is 10.3. The third kappa shape index (κ3) is 6.16. The number of carbonyl (C=O) groups is 2. The summed E-state index contributed by atoms with van der Waals surface area (Å²) in [5.41, 5.74) is 9.01. The summed E-state index contributed by atoms with van der Waals surface area (Å²) in [7, 11) is 1.48. The van der Waals surface area contributed by atoms with E-state index in [1.807, 2.05) is 30.3 Å². The lowest BCUT2D eigenvalue weighted by atomic mass is 10.2. The number of nitrogens with zero attached hydrogens (tertiary/aromatic N) is 1. The third-order valence-corrected chi connectivity index (χ3v) is 3.19. The first-order valence-electron chi connectivity index (χ1n) is 7.78. The molecule has 0 aliphatic rings. The van der Waals surface area contributed by atoms with E-state index >= 15 is 0 Å². The van der Waals surface area contributed by atoms with Crippen molar-refractivity contribution < 1.29 is 19.1 Å². The number of methoxy groups -OCH3 is 1. The molecule has 8 nitrogen and oxygen atoms in total. The molecule has 2 amide bonds. The number of ether oxygens (including phenoxy) is 2. The molecular weight excluding hydrogens is 336 g/mol.